The summed E-state index contributed by atoms with van der Waals surface area (Å²) in [5.74, 6) is 5.32. The van der Waals surface area contributed by atoms with E-state index >= 15 is 0 Å². The molecule has 1 atom stereocenters. The minimum atomic E-state index is -0.640. The van der Waals surface area contributed by atoms with Crippen molar-refractivity contribution in [3.8, 4) is 0 Å². The van der Waals surface area contributed by atoms with Gasteiger partial charge in [-0.3, -0.25) is 5.84 Å². The van der Waals surface area contributed by atoms with Gasteiger partial charge in [0, 0.05) is 0 Å². The van der Waals surface area contributed by atoms with Crippen molar-refractivity contribution in [3.05, 3.63) is 23.3 Å². The molecule has 1 aliphatic rings. The maximum Gasteiger partial charge on any atom is 0.145 e. The van der Waals surface area contributed by atoms with E-state index in [-0.39, 0.29) is 0 Å². The number of hydrazine groups is 1. The Morgan fingerprint density at radius 3 is 2.69 bits per heavy atom. The summed E-state index contributed by atoms with van der Waals surface area (Å²) in [5.41, 5.74) is 4.51. The van der Waals surface area contributed by atoms with Crippen molar-refractivity contribution in [3.63, 3.8) is 0 Å². The highest BCUT2D eigenvalue weighted by molar-refractivity contribution is 5.69. The zero-order valence-corrected chi connectivity index (χ0v) is 8.13. The van der Waals surface area contributed by atoms with E-state index in [1.807, 2.05) is 12.2 Å². The van der Waals surface area contributed by atoms with Gasteiger partial charge in [0.15, 0.2) is 0 Å². The molecule has 0 aliphatic heterocycles. The highest BCUT2D eigenvalue weighted by atomic mass is 16.1. The van der Waals surface area contributed by atoms with Gasteiger partial charge in [0.05, 0.1) is 0 Å². The minimum absolute atomic E-state index is 0.640. The van der Waals surface area contributed by atoms with Crippen molar-refractivity contribution in [2.24, 2.45) is 5.84 Å². The van der Waals surface area contributed by atoms with E-state index in [4.69, 9.17) is 5.84 Å². The quantitative estimate of drug-likeness (QED) is 0.380. The van der Waals surface area contributed by atoms with Crippen molar-refractivity contribution in [1.82, 2.24) is 5.43 Å². The zero-order valence-electron chi connectivity index (χ0n) is 8.13. The Morgan fingerprint density at radius 1 is 1.69 bits per heavy atom. The molecule has 1 rings (SSSR count). The summed E-state index contributed by atoms with van der Waals surface area (Å²) in [5, 5.41) is 0. The molecule has 1 aliphatic carbocycles. The number of carbonyl (C=O) groups is 1. The highest BCUT2D eigenvalue weighted by Crippen LogP contribution is 2.25. The van der Waals surface area contributed by atoms with Crippen molar-refractivity contribution in [2.75, 3.05) is 0 Å². The number of hydrogen-bond donors (Lipinski definition) is 2. The summed E-state index contributed by atoms with van der Waals surface area (Å²) in [4.78, 5) is 10.8. The molecule has 1 unspecified atom stereocenters. The molecule has 72 valence electrons. The van der Waals surface area contributed by atoms with E-state index in [1.165, 1.54) is 11.1 Å². The molecule has 0 saturated heterocycles. The van der Waals surface area contributed by atoms with Gasteiger partial charge in [-0.25, -0.2) is 5.43 Å². The number of aldehydes is 1. The smallest absolute Gasteiger partial charge is 0.145 e. The van der Waals surface area contributed by atoms with Gasteiger partial charge in [0.25, 0.3) is 0 Å². The maximum absolute atomic E-state index is 10.8. The summed E-state index contributed by atoms with van der Waals surface area (Å²) < 4.78 is 0. The third kappa shape index (κ3) is 2.05. The monoisotopic (exact) mass is 180 g/mol. The molecule has 0 spiro atoms. The van der Waals surface area contributed by atoms with E-state index < -0.39 is 5.54 Å². The van der Waals surface area contributed by atoms with Crippen molar-refractivity contribution >= 4 is 6.29 Å². The standard InChI is InChI=1S/C10H16N2O/c1-8(2)9-3-5-10(7-13,12-11)6-4-9/h3,5,7,12H,4,6,11H2,1-2H3. The number of nitrogens with one attached hydrogen (secondary N) is 1. The van der Waals surface area contributed by atoms with Crippen molar-refractivity contribution in [2.45, 2.75) is 32.2 Å². The molecule has 3 heteroatoms. The molecular weight excluding hydrogens is 164 g/mol. The molecular formula is C10H16N2O. The number of carbonyl (C=O) groups excluding carboxylic acids is 1. The molecule has 3 N–H and O–H groups in total. The summed E-state index contributed by atoms with van der Waals surface area (Å²) >= 11 is 0. The van der Waals surface area contributed by atoms with Crippen LogP contribution in [0.25, 0.3) is 0 Å². The Morgan fingerprint density at radius 2 is 2.38 bits per heavy atom. The molecule has 0 aromatic rings. The molecule has 0 saturated carbocycles. The fraction of sp³-hybridized carbons (Fsp3) is 0.500. The molecule has 13 heavy (non-hydrogen) atoms. The van der Waals surface area contributed by atoms with E-state index in [2.05, 4.69) is 19.3 Å². The van der Waals surface area contributed by atoms with Crippen LogP contribution in [0.2, 0.25) is 0 Å². The molecule has 0 amide bonds. The lowest BCUT2D eigenvalue weighted by Gasteiger charge is -2.27. The van der Waals surface area contributed by atoms with Gasteiger partial charge in [-0.1, -0.05) is 17.7 Å². The molecule has 0 radical (unpaired) electrons. The van der Waals surface area contributed by atoms with E-state index in [0.29, 0.717) is 0 Å². The number of rotatable bonds is 2. The second-order valence-corrected chi connectivity index (χ2v) is 3.66. The van der Waals surface area contributed by atoms with Crippen LogP contribution in [0.4, 0.5) is 0 Å². The zero-order chi connectivity index (χ0) is 9.90. The van der Waals surface area contributed by atoms with Crippen LogP contribution in [0.15, 0.2) is 23.3 Å². The van der Waals surface area contributed by atoms with Crippen molar-refractivity contribution < 1.29 is 4.79 Å². The van der Waals surface area contributed by atoms with Crippen molar-refractivity contribution in [1.29, 1.82) is 0 Å². The van der Waals surface area contributed by atoms with Crippen LogP contribution in [0, 0.1) is 0 Å². The van der Waals surface area contributed by atoms with Crippen LogP contribution in [-0.2, 0) is 4.79 Å². The highest BCUT2D eigenvalue weighted by Gasteiger charge is 2.27. The summed E-state index contributed by atoms with van der Waals surface area (Å²) in [6.07, 6.45) is 6.33. The molecule has 0 aromatic carbocycles. The van der Waals surface area contributed by atoms with Gasteiger partial charge >= 0.3 is 0 Å². The number of nitrogens with two attached hydrogens (primary N) is 1. The normalized spacial score (nSPS) is 27.5. The first-order valence-corrected chi connectivity index (χ1v) is 4.43. The fourth-order valence-corrected chi connectivity index (χ4v) is 1.43. The third-order valence-electron chi connectivity index (χ3n) is 2.51. The van der Waals surface area contributed by atoms with E-state index in [1.54, 1.807) is 0 Å². The summed E-state index contributed by atoms with van der Waals surface area (Å²) in [6.45, 7) is 4.15. The first kappa shape index (κ1) is 10.2. The van der Waals surface area contributed by atoms with Crippen LogP contribution in [-0.4, -0.2) is 11.8 Å². The molecule has 3 nitrogen and oxygen atoms in total. The Kier molecular flexibility index (Phi) is 3.01. The van der Waals surface area contributed by atoms with Crippen LogP contribution in [0.5, 0.6) is 0 Å². The second kappa shape index (κ2) is 3.85. The molecule has 0 heterocycles. The van der Waals surface area contributed by atoms with Crippen LogP contribution >= 0.6 is 0 Å². The van der Waals surface area contributed by atoms with Gasteiger partial charge < -0.3 is 4.79 Å². The Labute approximate surface area is 78.7 Å². The molecule has 0 bridgehead atoms. The third-order valence-corrected chi connectivity index (χ3v) is 2.51. The Bertz CT molecular complexity index is 264. The topological polar surface area (TPSA) is 55.1 Å². The largest absolute Gasteiger partial charge is 0.301 e. The lowest BCUT2D eigenvalue weighted by molar-refractivity contribution is -0.112. The van der Waals surface area contributed by atoms with Crippen LogP contribution in [0.3, 0.4) is 0 Å². The van der Waals surface area contributed by atoms with Gasteiger partial charge in [0.2, 0.25) is 0 Å². The van der Waals surface area contributed by atoms with E-state index in [0.717, 1.165) is 19.1 Å². The van der Waals surface area contributed by atoms with Gasteiger partial charge in [-0.2, -0.15) is 0 Å². The maximum atomic E-state index is 10.8. The molecule has 0 fully saturated rings. The number of hydrogen-bond acceptors (Lipinski definition) is 3. The predicted molar refractivity (Wildman–Crippen MR) is 52.9 cm³/mol. The van der Waals surface area contributed by atoms with Crippen LogP contribution < -0.4 is 11.3 Å². The summed E-state index contributed by atoms with van der Waals surface area (Å²) in [6, 6.07) is 0. The Hall–Kier alpha value is -0.930. The Balaban J connectivity index is 2.88. The SMILES string of the molecule is CC(C)=C1C=CC(C=O)(NN)CC1. The fourth-order valence-electron chi connectivity index (χ4n) is 1.43. The first-order chi connectivity index (χ1) is 6.13. The predicted octanol–water partition coefficient (Wildman–Crippen LogP) is 1.07. The average molecular weight is 180 g/mol. The lowest BCUT2D eigenvalue weighted by atomic mass is 9.86. The van der Waals surface area contributed by atoms with Gasteiger partial charge in [0.1, 0.15) is 11.8 Å². The summed E-state index contributed by atoms with van der Waals surface area (Å²) in [7, 11) is 0. The second-order valence-electron chi connectivity index (χ2n) is 3.66. The van der Waals surface area contributed by atoms with Gasteiger partial charge in [-0.15, -0.1) is 0 Å². The van der Waals surface area contributed by atoms with Crippen LogP contribution in [0.1, 0.15) is 26.7 Å². The number of allylic oxidation sites excluding steroid dienone is 3. The van der Waals surface area contributed by atoms with E-state index in [9.17, 15) is 4.79 Å². The minimum Gasteiger partial charge on any atom is -0.301 e. The average Bonchev–Trinajstić information content (AvgIpc) is 2.18. The molecule has 0 aromatic heterocycles. The van der Waals surface area contributed by atoms with Gasteiger partial charge in [-0.05, 0) is 32.3 Å². The first-order valence-electron chi connectivity index (χ1n) is 4.43. The lowest BCUT2D eigenvalue weighted by Crippen LogP contribution is -2.50.